The summed E-state index contributed by atoms with van der Waals surface area (Å²) < 4.78 is 0. The highest BCUT2D eigenvalue weighted by Gasteiger charge is 2.09. The van der Waals surface area contributed by atoms with E-state index in [2.05, 4.69) is 15.3 Å². The van der Waals surface area contributed by atoms with Crippen molar-refractivity contribution in [3.63, 3.8) is 0 Å². The van der Waals surface area contributed by atoms with Crippen LogP contribution in [0.4, 0.5) is 5.69 Å². The molecule has 0 fully saturated rings. The second-order valence-corrected chi connectivity index (χ2v) is 4.41. The molecule has 0 saturated heterocycles. The van der Waals surface area contributed by atoms with Crippen LogP contribution in [0.25, 0.3) is 0 Å². The Balaban J connectivity index is 2.05. The van der Waals surface area contributed by atoms with Crippen LogP contribution in [0, 0.1) is 13.8 Å². The van der Waals surface area contributed by atoms with Crippen molar-refractivity contribution >= 4 is 11.6 Å². The van der Waals surface area contributed by atoms with Gasteiger partial charge in [-0.15, -0.1) is 0 Å². The highest BCUT2D eigenvalue weighted by Crippen LogP contribution is 2.12. The Labute approximate surface area is 111 Å². The molecule has 0 radical (unpaired) electrons. The van der Waals surface area contributed by atoms with Gasteiger partial charge in [-0.1, -0.05) is 6.07 Å². The topological polar surface area (TPSA) is 80.9 Å². The van der Waals surface area contributed by atoms with Crippen LogP contribution in [0.5, 0.6) is 0 Å². The number of hydrogen-bond donors (Lipinski definition) is 2. The summed E-state index contributed by atoms with van der Waals surface area (Å²) in [6.07, 6.45) is 3.33. The number of hydrogen-bond acceptors (Lipinski definition) is 4. The van der Waals surface area contributed by atoms with Crippen LogP contribution >= 0.6 is 0 Å². The van der Waals surface area contributed by atoms with Crippen LogP contribution in [0.1, 0.15) is 27.3 Å². The maximum Gasteiger partial charge on any atom is 0.251 e. The summed E-state index contributed by atoms with van der Waals surface area (Å²) in [7, 11) is 0. The van der Waals surface area contributed by atoms with E-state index < -0.39 is 0 Å². The highest BCUT2D eigenvalue weighted by atomic mass is 16.1. The molecule has 0 aliphatic heterocycles. The van der Waals surface area contributed by atoms with Crippen molar-refractivity contribution in [2.45, 2.75) is 20.4 Å². The number of nitrogen functional groups attached to an aromatic ring is 1. The lowest BCUT2D eigenvalue weighted by atomic mass is 10.1. The van der Waals surface area contributed by atoms with E-state index in [4.69, 9.17) is 5.73 Å². The van der Waals surface area contributed by atoms with Crippen LogP contribution < -0.4 is 11.1 Å². The van der Waals surface area contributed by atoms with Crippen molar-refractivity contribution in [2.24, 2.45) is 0 Å². The molecule has 0 saturated carbocycles. The van der Waals surface area contributed by atoms with E-state index in [9.17, 15) is 4.79 Å². The zero-order valence-corrected chi connectivity index (χ0v) is 11.0. The van der Waals surface area contributed by atoms with Crippen molar-refractivity contribution < 1.29 is 4.79 Å². The number of carbonyl (C=O) groups is 1. The van der Waals surface area contributed by atoms with E-state index in [0.29, 0.717) is 17.8 Å². The third-order valence-corrected chi connectivity index (χ3v) is 2.77. The molecule has 1 aromatic carbocycles. The number of amides is 1. The quantitative estimate of drug-likeness (QED) is 0.817. The molecule has 0 spiro atoms. The van der Waals surface area contributed by atoms with E-state index >= 15 is 0 Å². The van der Waals surface area contributed by atoms with E-state index in [-0.39, 0.29) is 5.91 Å². The minimum absolute atomic E-state index is 0.160. The van der Waals surface area contributed by atoms with Crippen molar-refractivity contribution in [1.82, 2.24) is 15.3 Å². The number of rotatable bonds is 3. The standard InChI is InChI=1S/C14H16N4O/c1-9-3-4-11(15)5-13(9)14(19)18-8-12-7-16-10(2)6-17-12/h3-7H,8,15H2,1-2H3,(H,18,19). The average Bonchev–Trinajstić information content (AvgIpc) is 2.40. The van der Waals surface area contributed by atoms with Gasteiger partial charge >= 0.3 is 0 Å². The molecule has 0 unspecified atom stereocenters. The van der Waals surface area contributed by atoms with E-state index in [1.165, 1.54) is 0 Å². The Kier molecular flexibility index (Phi) is 3.75. The number of nitrogens with zero attached hydrogens (tertiary/aromatic N) is 2. The molecule has 1 aromatic heterocycles. The molecule has 5 nitrogen and oxygen atoms in total. The molecule has 5 heteroatoms. The first-order chi connectivity index (χ1) is 9.06. The lowest BCUT2D eigenvalue weighted by molar-refractivity contribution is 0.0950. The molecule has 2 rings (SSSR count). The fourth-order valence-electron chi connectivity index (χ4n) is 1.66. The number of carbonyl (C=O) groups excluding carboxylic acids is 1. The summed E-state index contributed by atoms with van der Waals surface area (Å²) in [5.41, 5.74) is 9.31. The lowest BCUT2D eigenvalue weighted by Crippen LogP contribution is -2.24. The maximum absolute atomic E-state index is 12.0. The van der Waals surface area contributed by atoms with Gasteiger partial charge in [0.2, 0.25) is 0 Å². The molecule has 98 valence electrons. The fourth-order valence-corrected chi connectivity index (χ4v) is 1.66. The van der Waals surface area contributed by atoms with Gasteiger partial charge in [0.25, 0.3) is 5.91 Å². The average molecular weight is 256 g/mol. The van der Waals surface area contributed by atoms with Gasteiger partial charge in [-0.2, -0.15) is 0 Å². The predicted octanol–water partition coefficient (Wildman–Crippen LogP) is 1.61. The maximum atomic E-state index is 12.0. The normalized spacial score (nSPS) is 10.2. The number of aromatic nitrogens is 2. The van der Waals surface area contributed by atoms with E-state index in [1.54, 1.807) is 24.5 Å². The largest absolute Gasteiger partial charge is 0.399 e. The van der Waals surface area contributed by atoms with Gasteiger partial charge in [-0.25, -0.2) is 0 Å². The third kappa shape index (κ3) is 3.28. The molecular formula is C14H16N4O. The summed E-state index contributed by atoms with van der Waals surface area (Å²) >= 11 is 0. The Morgan fingerprint density at radius 1 is 1.26 bits per heavy atom. The van der Waals surface area contributed by atoms with E-state index in [1.807, 2.05) is 19.9 Å². The van der Waals surface area contributed by atoms with Gasteiger partial charge in [0.15, 0.2) is 0 Å². The molecule has 2 aromatic rings. The summed E-state index contributed by atoms with van der Waals surface area (Å²) in [6, 6.07) is 5.28. The zero-order chi connectivity index (χ0) is 13.8. The van der Waals surface area contributed by atoms with Gasteiger partial charge < -0.3 is 11.1 Å². The molecule has 0 atom stereocenters. The van der Waals surface area contributed by atoms with Crippen LogP contribution in [0.15, 0.2) is 30.6 Å². The first-order valence-electron chi connectivity index (χ1n) is 5.98. The summed E-state index contributed by atoms with van der Waals surface area (Å²) in [5, 5.41) is 2.81. The first kappa shape index (κ1) is 13.0. The van der Waals surface area contributed by atoms with Crippen LogP contribution in [0.2, 0.25) is 0 Å². The van der Waals surface area contributed by atoms with Crippen molar-refractivity contribution in [2.75, 3.05) is 5.73 Å². The smallest absolute Gasteiger partial charge is 0.251 e. The van der Waals surface area contributed by atoms with Crippen LogP contribution in [0.3, 0.4) is 0 Å². The second kappa shape index (κ2) is 5.48. The molecular weight excluding hydrogens is 240 g/mol. The number of aryl methyl sites for hydroxylation is 2. The number of nitrogens with two attached hydrogens (primary N) is 1. The SMILES string of the molecule is Cc1cnc(CNC(=O)c2cc(N)ccc2C)cn1. The lowest BCUT2D eigenvalue weighted by Gasteiger charge is -2.08. The van der Waals surface area contributed by atoms with Crippen LogP contribution in [-0.4, -0.2) is 15.9 Å². The molecule has 0 bridgehead atoms. The van der Waals surface area contributed by atoms with Gasteiger partial charge in [0.1, 0.15) is 0 Å². The predicted molar refractivity (Wildman–Crippen MR) is 73.5 cm³/mol. The fraction of sp³-hybridized carbons (Fsp3) is 0.214. The van der Waals surface area contributed by atoms with Gasteiger partial charge in [-0.3, -0.25) is 14.8 Å². The van der Waals surface area contributed by atoms with Crippen molar-refractivity contribution in [3.8, 4) is 0 Å². The van der Waals surface area contributed by atoms with Gasteiger partial charge in [0.05, 0.1) is 24.1 Å². The third-order valence-electron chi connectivity index (χ3n) is 2.77. The first-order valence-corrected chi connectivity index (χ1v) is 5.98. The number of nitrogens with one attached hydrogen (secondary N) is 1. The molecule has 0 aliphatic rings. The highest BCUT2D eigenvalue weighted by molar-refractivity contribution is 5.96. The Bertz CT molecular complexity index is 593. The Morgan fingerprint density at radius 2 is 2.05 bits per heavy atom. The zero-order valence-electron chi connectivity index (χ0n) is 11.0. The number of benzene rings is 1. The Hall–Kier alpha value is -2.43. The molecule has 1 amide bonds. The monoisotopic (exact) mass is 256 g/mol. The minimum Gasteiger partial charge on any atom is -0.399 e. The second-order valence-electron chi connectivity index (χ2n) is 4.41. The molecule has 1 heterocycles. The van der Waals surface area contributed by atoms with Gasteiger partial charge in [0, 0.05) is 17.4 Å². The molecule has 3 N–H and O–H groups in total. The Morgan fingerprint density at radius 3 is 2.74 bits per heavy atom. The summed E-state index contributed by atoms with van der Waals surface area (Å²) in [4.78, 5) is 20.4. The minimum atomic E-state index is -0.160. The number of anilines is 1. The van der Waals surface area contributed by atoms with Crippen molar-refractivity contribution in [3.05, 3.63) is 53.1 Å². The summed E-state index contributed by atoms with van der Waals surface area (Å²) in [5.74, 6) is -0.160. The van der Waals surface area contributed by atoms with Gasteiger partial charge in [-0.05, 0) is 31.5 Å². The van der Waals surface area contributed by atoms with Crippen molar-refractivity contribution in [1.29, 1.82) is 0 Å². The van der Waals surface area contributed by atoms with E-state index in [0.717, 1.165) is 17.0 Å². The summed E-state index contributed by atoms with van der Waals surface area (Å²) in [6.45, 7) is 4.09. The van der Waals surface area contributed by atoms with Crippen LogP contribution in [-0.2, 0) is 6.54 Å². The molecule has 0 aliphatic carbocycles. The molecule has 19 heavy (non-hydrogen) atoms.